The Bertz CT molecular complexity index is 582. The van der Waals surface area contributed by atoms with Crippen LogP contribution in [0.15, 0.2) is 36.8 Å². The van der Waals surface area contributed by atoms with Gasteiger partial charge in [-0.25, -0.2) is 4.98 Å². The van der Waals surface area contributed by atoms with Crippen LogP contribution in [0, 0.1) is 0 Å². The molecule has 0 atom stereocenters. The Morgan fingerprint density at radius 3 is 3.05 bits per heavy atom. The molecule has 2 aromatic rings. The van der Waals surface area contributed by atoms with Crippen molar-refractivity contribution in [3.63, 3.8) is 0 Å². The van der Waals surface area contributed by atoms with E-state index in [-0.39, 0.29) is 12.5 Å². The summed E-state index contributed by atoms with van der Waals surface area (Å²) in [6, 6.07) is 7.08. The van der Waals surface area contributed by atoms with Crippen molar-refractivity contribution in [2.24, 2.45) is 0 Å². The molecule has 1 aromatic heterocycles. The first kappa shape index (κ1) is 14.6. The van der Waals surface area contributed by atoms with Gasteiger partial charge in [-0.2, -0.15) is 0 Å². The molecule has 5 nitrogen and oxygen atoms in total. The Balaban J connectivity index is 1.89. The average Bonchev–Trinajstić information content (AvgIpc) is 2.83. The number of likely N-dealkylation sites (N-methyl/N-ethyl adjacent to an activating group) is 1. The molecular formula is C14H17ClN4O. The fourth-order valence-corrected chi connectivity index (χ4v) is 2.00. The van der Waals surface area contributed by atoms with Gasteiger partial charge in [-0.15, -0.1) is 0 Å². The number of imidazole rings is 1. The number of amides is 1. The SMILES string of the molecule is CNCCc1cn(CC(=O)Nc2cccc(Cl)c2)cn1. The van der Waals surface area contributed by atoms with Gasteiger partial charge in [0.1, 0.15) is 6.54 Å². The number of rotatable bonds is 6. The third kappa shape index (κ3) is 4.36. The fraction of sp³-hybridized carbons (Fsp3) is 0.286. The normalized spacial score (nSPS) is 10.5. The number of hydrogen-bond acceptors (Lipinski definition) is 3. The molecule has 2 N–H and O–H groups in total. The Morgan fingerprint density at radius 1 is 1.45 bits per heavy atom. The molecule has 2 rings (SSSR count). The highest BCUT2D eigenvalue weighted by molar-refractivity contribution is 6.30. The molecule has 1 aromatic carbocycles. The highest BCUT2D eigenvalue weighted by Gasteiger charge is 2.05. The van der Waals surface area contributed by atoms with Gasteiger partial charge in [-0.05, 0) is 25.2 Å². The van der Waals surface area contributed by atoms with Crippen LogP contribution in [0.2, 0.25) is 5.02 Å². The van der Waals surface area contributed by atoms with E-state index in [9.17, 15) is 4.79 Å². The van der Waals surface area contributed by atoms with Crippen molar-refractivity contribution < 1.29 is 4.79 Å². The molecule has 0 aliphatic carbocycles. The van der Waals surface area contributed by atoms with E-state index in [1.165, 1.54) is 0 Å². The number of carbonyl (C=O) groups is 1. The van der Waals surface area contributed by atoms with Gasteiger partial charge in [0.05, 0.1) is 12.0 Å². The van der Waals surface area contributed by atoms with Gasteiger partial charge in [0, 0.05) is 29.9 Å². The minimum Gasteiger partial charge on any atom is -0.328 e. The molecule has 0 saturated heterocycles. The van der Waals surface area contributed by atoms with Crippen molar-refractivity contribution in [1.82, 2.24) is 14.9 Å². The fourth-order valence-electron chi connectivity index (χ4n) is 1.81. The molecule has 0 unspecified atom stereocenters. The largest absolute Gasteiger partial charge is 0.328 e. The molecule has 1 heterocycles. The maximum atomic E-state index is 11.9. The van der Waals surface area contributed by atoms with E-state index in [1.54, 1.807) is 35.2 Å². The summed E-state index contributed by atoms with van der Waals surface area (Å²) in [4.78, 5) is 16.2. The molecule has 20 heavy (non-hydrogen) atoms. The van der Waals surface area contributed by atoms with Crippen molar-refractivity contribution in [1.29, 1.82) is 0 Å². The second kappa shape index (κ2) is 7.07. The van der Waals surface area contributed by atoms with Gasteiger partial charge in [0.15, 0.2) is 0 Å². The maximum absolute atomic E-state index is 11.9. The second-order valence-electron chi connectivity index (χ2n) is 4.45. The number of hydrogen-bond donors (Lipinski definition) is 2. The summed E-state index contributed by atoms with van der Waals surface area (Å²) in [5.41, 5.74) is 1.66. The van der Waals surface area contributed by atoms with Crippen LogP contribution in [0.4, 0.5) is 5.69 Å². The van der Waals surface area contributed by atoms with E-state index in [1.807, 2.05) is 13.2 Å². The molecule has 0 aliphatic rings. The maximum Gasteiger partial charge on any atom is 0.244 e. The number of nitrogens with zero attached hydrogens (tertiary/aromatic N) is 2. The van der Waals surface area contributed by atoms with Gasteiger partial charge < -0.3 is 15.2 Å². The smallest absolute Gasteiger partial charge is 0.244 e. The van der Waals surface area contributed by atoms with Crippen molar-refractivity contribution in [3.05, 3.63) is 47.5 Å². The Hall–Kier alpha value is -1.85. The zero-order chi connectivity index (χ0) is 14.4. The van der Waals surface area contributed by atoms with Crippen LogP contribution >= 0.6 is 11.6 Å². The number of carbonyl (C=O) groups excluding carboxylic acids is 1. The van der Waals surface area contributed by atoms with E-state index in [4.69, 9.17) is 11.6 Å². The summed E-state index contributed by atoms with van der Waals surface area (Å²) in [7, 11) is 1.90. The van der Waals surface area contributed by atoms with Gasteiger partial charge in [0.25, 0.3) is 0 Å². The van der Waals surface area contributed by atoms with Crippen LogP contribution in [0.3, 0.4) is 0 Å². The van der Waals surface area contributed by atoms with Gasteiger partial charge in [-0.3, -0.25) is 4.79 Å². The quantitative estimate of drug-likeness (QED) is 0.855. The van der Waals surface area contributed by atoms with Crippen molar-refractivity contribution in [2.75, 3.05) is 18.9 Å². The number of nitrogens with one attached hydrogen (secondary N) is 2. The Morgan fingerprint density at radius 2 is 2.30 bits per heavy atom. The molecule has 0 radical (unpaired) electrons. The van der Waals surface area contributed by atoms with E-state index in [2.05, 4.69) is 15.6 Å². The molecule has 1 amide bonds. The van der Waals surface area contributed by atoms with Gasteiger partial charge >= 0.3 is 0 Å². The van der Waals surface area contributed by atoms with Crippen LogP contribution in [0.5, 0.6) is 0 Å². The molecule has 0 saturated carbocycles. The lowest BCUT2D eigenvalue weighted by molar-refractivity contribution is -0.116. The number of benzene rings is 1. The summed E-state index contributed by atoms with van der Waals surface area (Å²) in [5, 5.41) is 6.46. The number of aromatic nitrogens is 2. The monoisotopic (exact) mass is 292 g/mol. The molecule has 0 aliphatic heterocycles. The average molecular weight is 293 g/mol. The first-order valence-electron chi connectivity index (χ1n) is 6.38. The van der Waals surface area contributed by atoms with Crippen molar-refractivity contribution >= 4 is 23.2 Å². The molecule has 106 valence electrons. The van der Waals surface area contributed by atoms with E-state index in [0.29, 0.717) is 10.7 Å². The number of anilines is 1. The van der Waals surface area contributed by atoms with Crippen molar-refractivity contribution in [3.8, 4) is 0 Å². The molecule has 0 spiro atoms. The molecular weight excluding hydrogens is 276 g/mol. The Kier molecular flexibility index (Phi) is 5.15. The lowest BCUT2D eigenvalue weighted by Gasteiger charge is -2.05. The lowest BCUT2D eigenvalue weighted by Crippen LogP contribution is -2.17. The zero-order valence-electron chi connectivity index (χ0n) is 11.3. The van der Waals surface area contributed by atoms with Gasteiger partial charge in [0.2, 0.25) is 5.91 Å². The van der Waals surface area contributed by atoms with Crippen LogP contribution in [-0.2, 0) is 17.8 Å². The van der Waals surface area contributed by atoms with E-state index in [0.717, 1.165) is 18.7 Å². The van der Waals surface area contributed by atoms with E-state index >= 15 is 0 Å². The second-order valence-corrected chi connectivity index (χ2v) is 4.89. The Labute approximate surface area is 123 Å². The lowest BCUT2D eigenvalue weighted by atomic mass is 10.3. The highest BCUT2D eigenvalue weighted by Crippen LogP contribution is 2.14. The third-order valence-electron chi connectivity index (χ3n) is 2.75. The topological polar surface area (TPSA) is 59.0 Å². The first-order chi connectivity index (χ1) is 9.67. The molecule has 0 fully saturated rings. The summed E-state index contributed by atoms with van der Waals surface area (Å²) in [6.07, 6.45) is 4.40. The van der Waals surface area contributed by atoms with Crippen LogP contribution in [-0.4, -0.2) is 29.1 Å². The minimum absolute atomic E-state index is 0.107. The standard InChI is InChI=1S/C14H17ClN4O/c1-16-6-5-13-8-19(10-17-13)9-14(20)18-12-4-2-3-11(15)7-12/h2-4,7-8,10,16H,5-6,9H2,1H3,(H,18,20). The third-order valence-corrected chi connectivity index (χ3v) is 2.99. The van der Waals surface area contributed by atoms with Crippen LogP contribution < -0.4 is 10.6 Å². The summed E-state index contributed by atoms with van der Waals surface area (Å²) >= 11 is 5.87. The highest BCUT2D eigenvalue weighted by atomic mass is 35.5. The predicted octanol–water partition coefficient (Wildman–Crippen LogP) is 1.94. The van der Waals surface area contributed by atoms with Crippen LogP contribution in [0.1, 0.15) is 5.69 Å². The van der Waals surface area contributed by atoms with Crippen LogP contribution in [0.25, 0.3) is 0 Å². The summed E-state index contributed by atoms with van der Waals surface area (Å²) in [5.74, 6) is -0.107. The molecule has 6 heteroatoms. The molecule has 0 bridgehead atoms. The minimum atomic E-state index is -0.107. The first-order valence-corrected chi connectivity index (χ1v) is 6.76. The van der Waals surface area contributed by atoms with Gasteiger partial charge in [-0.1, -0.05) is 17.7 Å². The zero-order valence-corrected chi connectivity index (χ0v) is 12.0. The number of halogens is 1. The van der Waals surface area contributed by atoms with E-state index < -0.39 is 0 Å². The summed E-state index contributed by atoms with van der Waals surface area (Å²) in [6.45, 7) is 1.10. The van der Waals surface area contributed by atoms with Crippen molar-refractivity contribution in [2.45, 2.75) is 13.0 Å². The summed E-state index contributed by atoms with van der Waals surface area (Å²) < 4.78 is 1.77. The predicted molar refractivity (Wildman–Crippen MR) is 79.9 cm³/mol.